The lowest BCUT2D eigenvalue weighted by Gasteiger charge is -2.27. The maximum absolute atomic E-state index is 12.8. The van der Waals surface area contributed by atoms with Gasteiger partial charge >= 0.3 is 6.18 Å². The SMILES string of the molecule is CC(C)(Oc1ccc(C(F)(F)F)cn1)C(=O)NNC(Cc1ccc(Cl)cc1)c1cccc(Cl)c1. The van der Waals surface area contributed by atoms with E-state index in [1.807, 2.05) is 18.2 Å². The van der Waals surface area contributed by atoms with Crippen molar-refractivity contribution in [3.05, 3.63) is 93.6 Å². The number of hydrogen-bond donors (Lipinski definition) is 2. The molecule has 1 amide bonds. The minimum atomic E-state index is -4.51. The predicted octanol–water partition coefficient (Wildman–Crippen LogP) is 6.17. The summed E-state index contributed by atoms with van der Waals surface area (Å²) in [4.78, 5) is 16.5. The Labute approximate surface area is 205 Å². The molecule has 1 atom stereocenters. The fraction of sp³-hybridized carbons (Fsp3) is 0.250. The molecule has 1 heterocycles. The summed E-state index contributed by atoms with van der Waals surface area (Å²) in [6, 6.07) is 16.1. The number of rotatable bonds is 8. The third-order valence-electron chi connectivity index (χ3n) is 4.93. The van der Waals surface area contributed by atoms with Crippen molar-refractivity contribution in [1.29, 1.82) is 0 Å². The lowest BCUT2D eigenvalue weighted by molar-refractivity contribution is -0.138. The second-order valence-corrected chi connectivity index (χ2v) is 8.90. The summed E-state index contributed by atoms with van der Waals surface area (Å²) < 4.78 is 43.8. The molecule has 180 valence electrons. The highest BCUT2D eigenvalue weighted by atomic mass is 35.5. The molecule has 0 radical (unpaired) electrons. The highest BCUT2D eigenvalue weighted by Gasteiger charge is 2.33. The molecule has 0 aliphatic heterocycles. The second kappa shape index (κ2) is 10.6. The number of hydrazine groups is 1. The number of nitrogens with zero attached hydrogens (tertiary/aromatic N) is 1. The molecule has 0 saturated carbocycles. The summed E-state index contributed by atoms with van der Waals surface area (Å²) in [5.74, 6) is -0.655. The number of benzene rings is 2. The van der Waals surface area contributed by atoms with Gasteiger partial charge in [-0.15, -0.1) is 0 Å². The average molecular weight is 512 g/mol. The van der Waals surface area contributed by atoms with Crippen molar-refractivity contribution in [2.24, 2.45) is 0 Å². The van der Waals surface area contributed by atoms with Gasteiger partial charge in [0.2, 0.25) is 5.88 Å². The lowest BCUT2D eigenvalue weighted by Crippen LogP contribution is -2.52. The maximum Gasteiger partial charge on any atom is 0.417 e. The second-order valence-electron chi connectivity index (χ2n) is 8.03. The van der Waals surface area contributed by atoms with E-state index < -0.39 is 23.2 Å². The molecule has 10 heteroatoms. The van der Waals surface area contributed by atoms with Gasteiger partial charge in [-0.25, -0.2) is 10.4 Å². The van der Waals surface area contributed by atoms with Crippen molar-refractivity contribution >= 4 is 29.1 Å². The van der Waals surface area contributed by atoms with E-state index in [1.165, 1.54) is 13.8 Å². The molecular formula is C24H22Cl2F3N3O2. The molecule has 2 N–H and O–H groups in total. The van der Waals surface area contributed by atoms with Crippen LogP contribution in [-0.2, 0) is 17.4 Å². The van der Waals surface area contributed by atoms with Crippen LogP contribution in [0.5, 0.6) is 5.88 Å². The maximum atomic E-state index is 12.8. The number of nitrogens with one attached hydrogen (secondary N) is 2. The van der Waals surface area contributed by atoms with Crippen LogP contribution in [0.2, 0.25) is 10.0 Å². The van der Waals surface area contributed by atoms with Crippen molar-refractivity contribution in [3.63, 3.8) is 0 Å². The van der Waals surface area contributed by atoms with E-state index in [1.54, 1.807) is 30.3 Å². The topological polar surface area (TPSA) is 63.2 Å². The zero-order chi connectivity index (χ0) is 24.9. The zero-order valence-electron chi connectivity index (χ0n) is 18.3. The summed E-state index contributed by atoms with van der Waals surface area (Å²) in [5, 5.41) is 1.16. The first-order valence-electron chi connectivity index (χ1n) is 10.2. The first-order valence-corrected chi connectivity index (χ1v) is 11.0. The number of amides is 1. The Morgan fingerprint density at radius 3 is 2.32 bits per heavy atom. The average Bonchev–Trinajstić information content (AvgIpc) is 2.77. The number of carbonyl (C=O) groups is 1. The van der Waals surface area contributed by atoms with Crippen molar-refractivity contribution < 1.29 is 22.7 Å². The van der Waals surface area contributed by atoms with Crippen molar-refractivity contribution in [3.8, 4) is 5.88 Å². The van der Waals surface area contributed by atoms with Crippen LogP contribution in [-0.4, -0.2) is 16.5 Å². The highest BCUT2D eigenvalue weighted by Crippen LogP contribution is 2.30. The monoisotopic (exact) mass is 511 g/mol. The molecule has 1 aromatic heterocycles. The van der Waals surface area contributed by atoms with Crippen molar-refractivity contribution in [1.82, 2.24) is 15.8 Å². The number of carbonyl (C=O) groups excluding carboxylic acids is 1. The Hall–Kier alpha value is -2.81. The summed E-state index contributed by atoms with van der Waals surface area (Å²) in [5.41, 5.74) is 5.12. The molecule has 0 saturated heterocycles. The molecule has 3 aromatic rings. The van der Waals surface area contributed by atoms with Gasteiger partial charge in [0.1, 0.15) is 0 Å². The van der Waals surface area contributed by atoms with E-state index in [9.17, 15) is 18.0 Å². The Morgan fingerprint density at radius 1 is 1.03 bits per heavy atom. The Morgan fingerprint density at radius 2 is 1.74 bits per heavy atom. The van der Waals surface area contributed by atoms with Gasteiger partial charge < -0.3 is 4.74 Å². The Balaban J connectivity index is 1.70. The number of aromatic nitrogens is 1. The van der Waals surface area contributed by atoms with Gasteiger partial charge in [-0.2, -0.15) is 13.2 Å². The van der Waals surface area contributed by atoms with Crippen LogP contribution in [0.3, 0.4) is 0 Å². The van der Waals surface area contributed by atoms with Crippen LogP contribution in [0.4, 0.5) is 13.2 Å². The van der Waals surface area contributed by atoms with Crippen LogP contribution in [0.15, 0.2) is 66.9 Å². The van der Waals surface area contributed by atoms with E-state index in [-0.39, 0.29) is 11.9 Å². The predicted molar refractivity (Wildman–Crippen MR) is 125 cm³/mol. The molecule has 0 fully saturated rings. The molecule has 3 rings (SSSR count). The summed E-state index contributed by atoms with van der Waals surface area (Å²) >= 11 is 12.1. The zero-order valence-corrected chi connectivity index (χ0v) is 19.8. The fourth-order valence-corrected chi connectivity index (χ4v) is 3.38. The largest absolute Gasteiger partial charge is 0.461 e. The molecule has 1 unspecified atom stereocenters. The van der Waals surface area contributed by atoms with Gasteiger partial charge in [0, 0.05) is 22.3 Å². The first kappa shape index (κ1) is 25.8. The lowest BCUT2D eigenvalue weighted by atomic mass is 9.99. The Kier molecular flexibility index (Phi) is 8.07. The standard InChI is InChI=1S/C24H22Cl2F3N3O2/c1-23(2,34-21-11-8-17(14-30-21)24(27,28)29)22(33)32-31-20(16-4-3-5-19(26)13-16)12-15-6-9-18(25)10-7-15/h3-11,13-14,20,31H,12H2,1-2H3,(H,32,33). The van der Waals surface area contributed by atoms with Crippen molar-refractivity contribution in [2.45, 2.75) is 38.1 Å². The summed E-state index contributed by atoms with van der Waals surface area (Å²) in [6.07, 6.45) is -3.34. The third kappa shape index (κ3) is 7.09. The quantitative estimate of drug-likeness (QED) is 0.355. The van der Waals surface area contributed by atoms with Crippen LogP contribution in [0, 0.1) is 0 Å². The highest BCUT2D eigenvalue weighted by molar-refractivity contribution is 6.30. The minimum absolute atomic E-state index is 0.110. The molecule has 0 spiro atoms. The van der Waals surface area contributed by atoms with Crippen LogP contribution < -0.4 is 15.6 Å². The van der Waals surface area contributed by atoms with E-state index >= 15 is 0 Å². The van der Waals surface area contributed by atoms with Crippen molar-refractivity contribution in [2.75, 3.05) is 0 Å². The summed E-state index contributed by atoms with van der Waals surface area (Å²) in [7, 11) is 0. The molecule has 0 aliphatic carbocycles. The molecule has 0 bridgehead atoms. The number of hydrogen-bond acceptors (Lipinski definition) is 4. The third-order valence-corrected chi connectivity index (χ3v) is 5.42. The Bertz CT molecular complexity index is 1120. The van der Waals surface area contributed by atoms with Gasteiger partial charge in [-0.05, 0) is 61.7 Å². The normalized spacial score (nSPS) is 12.8. The molecule has 0 aliphatic rings. The summed E-state index contributed by atoms with van der Waals surface area (Å²) in [6.45, 7) is 2.97. The van der Waals surface area contributed by atoms with Gasteiger partial charge in [0.05, 0.1) is 11.6 Å². The minimum Gasteiger partial charge on any atom is -0.461 e. The van der Waals surface area contributed by atoms with Crippen LogP contribution in [0.1, 0.15) is 36.6 Å². The smallest absolute Gasteiger partial charge is 0.417 e. The van der Waals surface area contributed by atoms with E-state index in [0.717, 1.165) is 23.3 Å². The van der Waals surface area contributed by atoms with Crippen LogP contribution >= 0.6 is 23.2 Å². The van der Waals surface area contributed by atoms with Gasteiger partial charge in [0.15, 0.2) is 5.60 Å². The van der Waals surface area contributed by atoms with E-state index in [0.29, 0.717) is 22.7 Å². The van der Waals surface area contributed by atoms with E-state index in [4.69, 9.17) is 27.9 Å². The number of alkyl halides is 3. The number of pyridine rings is 1. The van der Waals surface area contributed by atoms with Gasteiger partial charge in [-0.1, -0.05) is 47.5 Å². The van der Waals surface area contributed by atoms with Crippen LogP contribution in [0.25, 0.3) is 0 Å². The van der Waals surface area contributed by atoms with Gasteiger partial charge in [-0.3, -0.25) is 10.2 Å². The van der Waals surface area contributed by atoms with Gasteiger partial charge in [0.25, 0.3) is 5.91 Å². The molecular weight excluding hydrogens is 490 g/mol. The molecule has 5 nitrogen and oxygen atoms in total. The van der Waals surface area contributed by atoms with E-state index in [2.05, 4.69) is 15.8 Å². The number of halogens is 5. The number of ether oxygens (including phenoxy) is 1. The fourth-order valence-electron chi connectivity index (χ4n) is 3.05. The first-order chi connectivity index (χ1) is 15.9. The molecule has 34 heavy (non-hydrogen) atoms. The molecule has 2 aromatic carbocycles.